The van der Waals surface area contributed by atoms with Gasteiger partial charge >= 0.3 is 0 Å². The summed E-state index contributed by atoms with van der Waals surface area (Å²) in [5.41, 5.74) is 0. The molecule has 0 amide bonds. The first kappa shape index (κ1) is 23.5. The molecule has 0 N–H and O–H groups in total. The Hall–Kier alpha value is -0.790. The molecule has 0 heterocycles. The standard InChI is InChI=1S/C23H32Cl2NOP/c1-3-5-16-26(17-6-4-2)18-7-19-28(27,22-12-8-20(24)9-13-22)23-14-10-21(25)11-15-23/h8-15H,3-7,16-19H2,1-2H3. The summed E-state index contributed by atoms with van der Waals surface area (Å²) in [5, 5.41) is 3.06. The van der Waals surface area contributed by atoms with E-state index in [1.165, 1.54) is 25.7 Å². The molecule has 0 unspecified atom stereocenters. The zero-order valence-electron chi connectivity index (χ0n) is 17.0. The van der Waals surface area contributed by atoms with Gasteiger partial charge in [0.2, 0.25) is 0 Å². The van der Waals surface area contributed by atoms with Crippen molar-refractivity contribution in [3.63, 3.8) is 0 Å². The fourth-order valence-electron chi connectivity index (χ4n) is 3.39. The number of unbranched alkanes of at least 4 members (excludes halogenated alkanes) is 2. The molecule has 0 spiro atoms. The lowest BCUT2D eigenvalue weighted by Gasteiger charge is -2.24. The first-order chi connectivity index (χ1) is 13.5. The highest BCUT2D eigenvalue weighted by molar-refractivity contribution is 7.78. The zero-order valence-corrected chi connectivity index (χ0v) is 19.4. The smallest absolute Gasteiger partial charge is 0.143 e. The molecule has 5 heteroatoms. The highest BCUT2D eigenvalue weighted by Crippen LogP contribution is 2.44. The first-order valence-electron chi connectivity index (χ1n) is 10.3. The topological polar surface area (TPSA) is 20.3 Å². The molecule has 0 saturated heterocycles. The Labute approximate surface area is 180 Å². The number of nitrogens with zero attached hydrogens (tertiary/aromatic N) is 1. The Morgan fingerprint density at radius 2 is 1.11 bits per heavy atom. The van der Waals surface area contributed by atoms with Crippen LogP contribution in [0.3, 0.4) is 0 Å². The van der Waals surface area contributed by atoms with Crippen molar-refractivity contribution in [3.05, 3.63) is 58.6 Å². The molecule has 2 aromatic carbocycles. The molecule has 0 aliphatic carbocycles. The summed E-state index contributed by atoms with van der Waals surface area (Å²) in [4.78, 5) is 2.53. The van der Waals surface area contributed by atoms with E-state index in [0.29, 0.717) is 16.2 Å². The summed E-state index contributed by atoms with van der Waals surface area (Å²) in [7, 11) is -2.72. The van der Waals surface area contributed by atoms with Crippen LogP contribution in [-0.2, 0) is 4.57 Å². The second kappa shape index (κ2) is 12.0. The summed E-state index contributed by atoms with van der Waals surface area (Å²) in [6, 6.07) is 14.9. The minimum absolute atomic E-state index is 0.658. The molecule has 2 nitrogen and oxygen atoms in total. The molecule has 0 radical (unpaired) electrons. The second-order valence-corrected chi connectivity index (χ2v) is 11.2. The predicted octanol–water partition coefficient (Wildman–Crippen LogP) is 6.60. The van der Waals surface area contributed by atoms with Crippen LogP contribution < -0.4 is 10.6 Å². The Morgan fingerprint density at radius 1 is 0.714 bits per heavy atom. The maximum absolute atomic E-state index is 14.1. The molecule has 0 saturated carbocycles. The van der Waals surface area contributed by atoms with Crippen molar-refractivity contribution in [3.8, 4) is 0 Å². The molecule has 0 fully saturated rings. The van der Waals surface area contributed by atoms with Gasteiger partial charge in [0.15, 0.2) is 0 Å². The summed E-state index contributed by atoms with van der Waals surface area (Å²) in [6.45, 7) is 7.71. The average Bonchev–Trinajstić information content (AvgIpc) is 2.70. The molecule has 0 aliphatic heterocycles. The number of rotatable bonds is 12. The lowest BCUT2D eigenvalue weighted by molar-refractivity contribution is 0.266. The van der Waals surface area contributed by atoms with Crippen molar-refractivity contribution in [2.75, 3.05) is 25.8 Å². The van der Waals surface area contributed by atoms with Gasteiger partial charge in [-0.15, -0.1) is 0 Å². The van der Waals surface area contributed by atoms with Gasteiger partial charge in [0.1, 0.15) is 7.14 Å². The fraction of sp³-hybridized carbons (Fsp3) is 0.478. The van der Waals surface area contributed by atoms with E-state index in [-0.39, 0.29) is 0 Å². The van der Waals surface area contributed by atoms with Gasteiger partial charge in [0, 0.05) is 26.8 Å². The lowest BCUT2D eigenvalue weighted by Crippen LogP contribution is -2.28. The molecule has 0 aliphatic rings. The SMILES string of the molecule is CCCCN(CCCC)CCCP(=O)(c1ccc(Cl)cc1)c1ccc(Cl)cc1. The summed E-state index contributed by atoms with van der Waals surface area (Å²) in [6.07, 6.45) is 6.42. The van der Waals surface area contributed by atoms with Crippen molar-refractivity contribution in [1.82, 2.24) is 4.90 Å². The minimum Gasteiger partial charge on any atom is -0.314 e. The third kappa shape index (κ3) is 6.92. The monoisotopic (exact) mass is 439 g/mol. The van der Waals surface area contributed by atoms with Gasteiger partial charge in [-0.1, -0.05) is 49.9 Å². The van der Waals surface area contributed by atoms with Gasteiger partial charge < -0.3 is 9.46 Å². The van der Waals surface area contributed by atoms with E-state index in [1.807, 2.05) is 48.5 Å². The van der Waals surface area contributed by atoms with Crippen LogP contribution in [0.15, 0.2) is 48.5 Å². The third-order valence-corrected chi connectivity index (χ3v) is 8.81. The van der Waals surface area contributed by atoms with Crippen LogP contribution in [0.5, 0.6) is 0 Å². The van der Waals surface area contributed by atoms with Crippen LogP contribution in [0.1, 0.15) is 46.0 Å². The molecule has 28 heavy (non-hydrogen) atoms. The van der Waals surface area contributed by atoms with Crippen LogP contribution in [0.4, 0.5) is 0 Å². The van der Waals surface area contributed by atoms with Crippen molar-refractivity contribution < 1.29 is 4.57 Å². The van der Waals surface area contributed by atoms with Crippen LogP contribution >= 0.6 is 30.3 Å². The van der Waals surface area contributed by atoms with Crippen molar-refractivity contribution in [2.45, 2.75) is 46.0 Å². The summed E-state index contributed by atoms with van der Waals surface area (Å²) in [5.74, 6) is 0. The fourth-order valence-corrected chi connectivity index (χ4v) is 6.30. The van der Waals surface area contributed by atoms with E-state index in [1.54, 1.807) is 0 Å². The van der Waals surface area contributed by atoms with Gasteiger partial charge in [-0.3, -0.25) is 0 Å². The number of halogens is 2. The predicted molar refractivity (Wildman–Crippen MR) is 126 cm³/mol. The van der Waals surface area contributed by atoms with Crippen LogP contribution in [0, 0.1) is 0 Å². The van der Waals surface area contributed by atoms with E-state index in [2.05, 4.69) is 18.7 Å². The van der Waals surface area contributed by atoms with Gasteiger partial charge in [-0.25, -0.2) is 0 Å². The van der Waals surface area contributed by atoms with Gasteiger partial charge in [0.05, 0.1) is 0 Å². The molecule has 0 atom stereocenters. The molecular weight excluding hydrogens is 408 g/mol. The van der Waals surface area contributed by atoms with Crippen molar-refractivity contribution in [1.29, 1.82) is 0 Å². The zero-order chi connectivity index (χ0) is 20.4. The van der Waals surface area contributed by atoms with Crippen LogP contribution in [-0.4, -0.2) is 30.7 Å². The van der Waals surface area contributed by atoms with E-state index in [9.17, 15) is 4.57 Å². The van der Waals surface area contributed by atoms with E-state index < -0.39 is 7.14 Å². The number of hydrogen-bond donors (Lipinski definition) is 0. The first-order valence-corrected chi connectivity index (χ1v) is 13.0. The summed E-state index contributed by atoms with van der Waals surface area (Å²) < 4.78 is 14.1. The van der Waals surface area contributed by atoms with E-state index >= 15 is 0 Å². The quantitative estimate of drug-likeness (QED) is 0.347. The Bertz CT molecular complexity index is 689. The highest BCUT2D eigenvalue weighted by atomic mass is 35.5. The Morgan fingerprint density at radius 3 is 1.50 bits per heavy atom. The minimum atomic E-state index is -2.72. The lowest BCUT2D eigenvalue weighted by atomic mass is 10.2. The van der Waals surface area contributed by atoms with E-state index in [0.717, 1.165) is 36.7 Å². The second-order valence-electron chi connectivity index (χ2n) is 7.32. The molecule has 0 aromatic heterocycles. The average molecular weight is 440 g/mol. The molecule has 154 valence electrons. The highest BCUT2D eigenvalue weighted by Gasteiger charge is 2.27. The summed E-state index contributed by atoms with van der Waals surface area (Å²) >= 11 is 12.1. The van der Waals surface area contributed by atoms with Gasteiger partial charge in [-0.2, -0.15) is 0 Å². The maximum atomic E-state index is 14.1. The van der Waals surface area contributed by atoms with Gasteiger partial charge in [0.25, 0.3) is 0 Å². The number of benzene rings is 2. The van der Waals surface area contributed by atoms with Gasteiger partial charge in [-0.05, 0) is 87.4 Å². The van der Waals surface area contributed by atoms with E-state index in [4.69, 9.17) is 23.2 Å². The molecule has 2 rings (SSSR count). The Balaban J connectivity index is 2.16. The molecular formula is C23H32Cl2NOP. The maximum Gasteiger partial charge on any atom is 0.143 e. The molecule has 0 bridgehead atoms. The Kier molecular flexibility index (Phi) is 10.1. The normalized spacial score (nSPS) is 11.9. The van der Waals surface area contributed by atoms with Crippen LogP contribution in [0.25, 0.3) is 0 Å². The third-order valence-electron chi connectivity index (χ3n) is 5.09. The number of hydrogen-bond acceptors (Lipinski definition) is 2. The molecule has 2 aromatic rings. The van der Waals surface area contributed by atoms with Crippen molar-refractivity contribution >= 4 is 41.0 Å². The van der Waals surface area contributed by atoms with Crippen LogP contribution in [0.2, 0.25) is 10.0 Å². The van der Waals surface area contributed by atoms with Crippen molar-refractivity contribution in [2.24, 2.45) is 0 Å². The largest absolute Gasteiger partial charge is 0.314 e.